The molecule has 5 rings (SSSR count). The van der Waals surface area contributed by atoms with Gasteiger partial charge in [0.05, 0.1) is 23.6 Å². The first kappa shape index (κ1) is 19.1. The first-order chi connectivity index (χ1) is 14.6. The molecule has 0 saturated carbocycles. The monoisotopic (exact) mass is 437 g/mol. The highest BCUT2D eigenvalue weighted by atomic mass is 35.5. The second kappa shape index (κ2) is 7.43. The maximum atomic E-state index is 13.2. The van der Waals surface area contributed by atoms with Gasteiger partial charge in [0.25, 0.3) is 5.91 Å². The Morgan fingerprint density at radius 1 is 0.933 bits per heavy atom. The summed E-state index contributed by atoms with van der Waals surface area (Å²) in [6, 6.07) is 22.4. The van der Waals surface area contributed by atoms with E-state index >= 15 is 0 Å². The molecule has 2 unspecified atom stereocenters. The number of para-hydroxylation sites is 2. The third-order valence-electron chi connectivity index (χ3n) is 5.45. The van der Waals surface area contributed by atoms with Gasteiger partial charge < -0.3 is 0 Å². The summed E-state index contributed by atoms with van der Waals surface area (Å²) in [7, 11) is 0. The Balaban J connectivity index is 1.43. The maximum Gasteiger partial charge on any atom is 0.257 e. The predicted octanol–water partition coefficient (Wildman–Crippen LogP) is 4.78. The predicted molar refractivity (Wildman–Crippen MR) is 119 cm³/mol. The first-order valence-electron chi connectivity index (χ1n) is 9.54. The van der Waals surface area contributed by atoms with Gasteiger partial charge in [0.15, 0.2) is 0 Å². The van der Waals surface area contributed by atoms with Crippen LogP contribution in [0.1, 0.15) is 16.4 Å². The van der Waals surface area contributed by atoms with Crippen LogP contribution in [0.2, 0.25) is 5.02 Å². The molecule has 0 aliphatic carbocycles. The lowest BCUT2D eigenvalue weighted by Crippen LogP contribution is -2.62. The van der Waals surface area contributed by atoms with Crippen molar-refractivity contribution in [3.05, 3.63) is 83.4 Å². The summed E-state index contributed by atoms with van der Waals surface area (Å²) in [5, 5.41) is 3.31. The largest absolute Gasteiger partial charge is 0.279 e. The average Bonchev–Trinajstić information content (AvgIpc) is 3.10. The number of rotatable bonds is 4. The second-order valence-electron chi connectivity index (χ2n) is 7.21. The fraction of sp³-hybridized carbons (Fsp3) is 0.130. The molecule has 1 N–H and O–H groups in total. The number of alkyl halides is 1. The van der Waals surface area contributed by atoms with Gasteiger partial charge in [-0.15, -0.1) is 11.6 Å². The Morgan fingerprint density at radius 3 is 2.20 bits per heavy atom. The molecule has 1 aliphatic heterocycles. The number of nitrogens with zero attached hydrogens (tertiary/aromatic N) is 2. The van der Waals surface area contributed by atoms with Crippen LogP contribution < -0.4 is 5.43 Å². The van der Waals surface area contributed by atoms with E-state index in [0.29, 0.717) is 5.02 Å². The summed E-state index contributed by atoms with van der Waals surface area (Å²) in [4.78, 5) is 25.5. The topological polar surface area (TPSA) is 54.3 Å². The molecule has 1 aromatic heterocycles. The van der Waals surface area contributed by atoms with Crippen LogP contribution in [0.25, 0.3) is 21.8 Å². The zero-order chi connectivity index (χ0) is 20.8. The summed E-state index contributed by atoms with van der Waals surface area (Å²) in [5.41, 5.74) is 5.46. The van der Waals surface area contributed by atoms with Gasteiger partial charge in [0.1, 0.15) is 5.38 Å². The first-order valence-corrected chi connectivity index (χ1v) is 10.3. The van der Waals surface area contributed by atoms with Crippen LogP contribution in [0.3, 0.4) is 0 Å². The molecular weight excluding hydrogens is 421 g/mol. The molecule has 1 fully saturated rings. The van der Waals surface area contributed by atoms with E-state index in [4.69, 9.17) is 23.2 Å². The van der Waals surface area contributed by atoms with E-state index in [2.05, 4.69) is 5.43 Å². The van der Waals surface area contributed by atoms with Crippen LogP contribution in [0.4, 0.5) is 0 Å². The fourth-order valence-electron chi connectivity index (χ4n) is 4.06. The number of hydrogen-bond acceptors (Lipinski definition) is 3. The van der Waals surface area contributed by atoms with E-state index < -0.39 is 5.38 Å². The van der Waals surface area contributed by atoms with Gasteiger partial charge >= 0.3 is 0 Å². The smallest absolute Gasteiger partial charge is 0.257 e. The summed E-state index contributed by atoms with van der Waals surface area (Å²) in [6.07, 6.45) is 0. The lowest BCUT2D eigenvalue weighted by molar-refractivity contribution is -0.150. The third-order valence-corrected chi connectivity index (χ3v) is 6.11. The minimum atomic E-state index is -0.695. The third kappa shape index (κ3) is 2.98. The standard InChI is InChI=1S/C23H17Cl2N3O2/c24-15-7-5-6-14(12-15)22-21(25)23(30)28(22)26-13-20(29)27-18-10-3-1-8-16(18)17-9-2-4-11-19(17)27/h1-12,21-22,26H,13H2. The Hall–Kier alpha value is -2.86. The number of benzene rings is 3. The van der Waals surface area contributed by atoms with Crippen molar-refractivity contribution in [2.75, 3.05) is 6.54 Å². The molecule has 4 aromatic rings. The maximum absolute atomic E-state index is 13.2. The molecule has 2 heterocycles. The summed E-state index contributed by atoms with van der Waals surface area (Å²) < 4.78 is 1.69. The van der Waals surface area contributed by atoms with Crippen molar-refractivity contribution < 1.29 is 9.59 Å². The second-order valence-corrected chi connectivity index (χ2v) is 8.11. The summed E-state index contributed by atoms with van der Waals surface area (Å²) in [6.45, 7) is -0.0465. The molecular formula is C23H17Cl2N3O2. The summed E-state index contributed by atoms with van der Waals surface area (Å²) >= 11 is 12.3. The van der Waals surface area contributed by atoms with Gasteiger partial charge in [0.2, 0.25) is 5.91 Å². The van der Waals surface area contributed by atoms with Crippen molar-refractivity contribution in [1.29, 1.82) is 0 Å². The Kier molecular flexibility index (Phi) is 4.74. The van der Waals surface area contributed by atoms with E-state index in [9.17, 15) is 9.59 Å². The molecule has 30 heavy (non-hydrogen) atoms. The normalized spacial score (nSPS) is 18.7. The lowest BCUT2D eigenvalue weighted by atomic mass is 9.95. The van der Waals surface area contributed by atoms with Gasteiger partial charge in [0, 0.05) is 15.8 Å². The number of amides is 1. The van der Waals surface area contributed by atoms with Crippen LogP contribution in [-0.2, 0) is 4.79 Å². The zero-order valence-electron chi connectivity index (χ0n) is 15.8. The van der Waals surface area contributed by atoms with Gasteiger partial charge in [-0.3, -0.25) is 19.2 Å². The van der Waals surface area contributed by atoms with Crippen LogP contribution in [-0.4, -0.2) is 33.3 Å². The SMILES string of the molecule is O=C1C(Cl)C(c2cccc(Cl)c2)N1NCC(=O)n1c2ccccc2c2ccccc21. The number of fused-ring (bicyclic) bond motifs is 3. The van der Waals surface area contributed by atoms with E-state index in [1.165, 1.54) is 5.01 Å². The van der Waals surface area contributed by atoms with Crippen LogP contribution in [0.5, 0.6) is 0 Å². The van der Waals surface area contributed by atoms with Crippen molar-refractivity contribution in [1.82, 2.24) is 15.0 Å². The molecule has 3 aromatic carbocycles. The highest BCUT2D eigenvalue weighted by Gasteiger charge is 2.47. The van der Waals surface area contributed by atoms with Crippen molar-refractivity contribution in [2.24, 2.45) is 0 Å². The van der Waals surface area contributed by atoms with Crippen molar-refractivity contribution in [2.45, 2.75) is 11.4 Å². The van der Waals surface area contributed by atoms with Gasteiger partial charge in [-0.1, -0.05) is 60.1 Å². The average molecular weight is 438 g/mol. The number of aromatic nitrogens is 1. The fourth-order valence-corrected chi connectivity index (χ4v) is 4.62. The van der Waals surface area contributed by atoms with Crippen molar-refractivity contribution >= 4 is 56.8 Å². The zero-order valence-corrected chi connectivity index (χ0v) is 17.3. The molecule has 1 amide bonds. The number of β-lactam (4-membered cyclic amide) rings is 1. The highest BCUT2D eigenvalue weighted by Crippen LogP contribution is 2.37. The van der Waals surface area contributed by atoms with Gasteiger partial charge in [-0.2, -0.15) is 0 Å². The number of carbonyl (C=O) groups excluding carboxylic acids is 2. The molecule has 0 radical (unpaired) electrons. The number of hydrazine groups is 1. The molecule has 7 heteroatoms. The quantitative estimate of drug-likeness (QED) is 0.369. The number of halogens is 2. The van der Waals surface area contributed by atoms with Crippen molar-refractivity contribution in [3.8, 4) is 0 Å². The van der Waals surface area contributed by atoms with Crippen molar-refractivity contribution in [3.63, 3.8) is 0 Å². The molecule has 0 spiro atoms. The lowest BCUT2D eigenvalue weighted by Gasteiger charge is -2.44. The molecule has 150 valence electrons. The molecule has 1 aliphatic rings. The number of carbonyl (C=O) groups is 2. The summed E-state index contributed by atoms with van der Waals surface area (Å²) in [5.74, 6) is -0.431. The van der Waals surface area contributed by atoms with Crippen LogP contribution >= 0.6 is 23.2 Å². The number of nitrogens with one attached hydrogen (secondary N) is 1. The van der Waals surface area contributed by atoms with Gasteiger partial charge in [-0.05, 0) is 29.8 Å². The molecule has 5 nitrogen and oxygen atoms in total. The van der Waals surface area contributed by atoms with E-state index in [-0.39, 0.29) is 24.4 Å². The molecule has 2 atom stereocenters. The Bertz CT molecular complexity index is 1250. The van der Waals surface area contributed by atoms with E-state index in [1.807, 2.05) is 60.7 Å². The molecule has 1 saturated heterocycles. The Labute approximate surface area is 182 Å². The number of hydrogen-bond donors (Lipinski definition) is 1. The van der Waals surface area contributed by atoms with E-state index in [0.717, 1.165) is 27.4 Å². The minimum absolute atomic E-state index is 0.0465. The minimum Gasteiger partial charge on any atom is -0.279 e. The van der Waals surface area contributed by atoms with Crippen LogP contribution in [0.15, 0.2) is 72.8 Å². The van der Waals surface area contributed by atoms with E-state index in [1.54, 1.807) is 16.7 Å². The van der Waals surface area contributed by atoms with Crippen LogP contribution in [0, 0.1) is 0 Å². The van der Waals surface area contributed by atoms with Gasteiger partial charge in [-0.25, -0.2) is 5.43 Å². The molecule has 0 bridgehead atoms. The highest BCUT2D eigenvalue weighted by molar-refractivity contribution is 6.33. The Morgan fingerprint density at radius 2 is 1.57 bits per heavy atom.